The molecule has 0 bridgehead atoms. The van der Waals surface area contributed by atoms with Crippen molar-refractivity contribution in [3.8, 4) is 0 Å². The fourth-order valence-electron chi connectivity index (χ4n) is 3.47. The van der Waals surface area contributed by atoms with Gasteiger partial charge in [-0.25, -0.2) is 0 Å². The topological polar surface area (TPSA) is 49.4 Å². The minimum atomic E-state index is -0.545. The molecule has 2 amide bonds. The molecule has 1 saturated carbocycles. The van der Waals surface area contributed by atoms with Crippen molar-refractivity contribution in [3.05, 3.63) is 0 Å². The Morgan fingerprint density at radius 3 is 2.42 bits per heavy atom. The average molecular weight is 266 g/mol. The summed E-state index contributed by atoms with van der Waals surface area (Å²) in [5.41, 5.74) is -0.545. The SMILES string of the molecule is CCCN1C(=O)C(C(C)C)NC(=O)C12CCCCC2. The Morgan fingerprint density at radius 2 is 1.89 bits per heavy atom. The summed E-state index contributed by atoms with van der Waals surface area (Å²) in [6.45, 7) is 6.76. The first-order valence-electron chi connectivity index (χ1n) is 7.65. The molecule has 0 aromatic heterocycles. The minimum absolute atomic E-state index is 0.0824. The van der Waals surface area contributed by atoms with Crippen molar-refractivity contribution in [1.29, 1.82) is 0 Å². The second-order valence-electron chi connectivity index (χ2n) is 6.28. The Balaban J connectivity index is 2.31. The summed E-state index contributed by atoms with van der Waals surface area (Å²) < 4.78 is 0. The number of hydrogen-bond acceptors (Lipinski definition) is 2. The fourth-order valence-corrected chi connectivity index (χ4v) is 3.47. The van der Waals surface area contributed by atoms with Crippen molar-refractivity contribution in [2.75, 3.05) is 6.54 Å². The predicted molar refractivity (Wildman–Crippen MR) is 74.6 cm³/mol. The molecule has 1 heterocycles. The summed E-state index contributed by atoms with van der Waals surface area (Å²) in [4.78, 5) is 27.2. The van der Waals surface area contributed by atoms with Gasteiger partial charge in [0.2, 0.25) is 11.8 Å². The maximum atomic E-state index is 12.7. The first kappa shape index (κ1) is 14.4. The van der Waals surface area contributed by atoms with Crippen LogP contribution in [0.25, 0.3) is 0 Å². The first-order chi connectivity index (χ1) is 9.03. The van der Waals surface area contributed by atoms with Gasteiger partial charge in [-0.3, -0.25) is 9.59 Å². The molecule has 0 aromatic rings. The first-order valence-corrected chi connectivity index (χ1v) is 7.65. The van der Waals surface area contributed by atoms with Crippen LogP contribution in [0, 0.1) is 5.92 Å². The molecule has 108 valence electrons. The van der Waals surface area contributed by atoms with Gasteiger partial charge in [0.15, 0.2) is 0 Å². The molecule has 1 N–H and O–H groups in total. The van der Waals surface area contributed by atoms with Crippen LogP contribution in [0.4, 0.5) is 0 Å². The van der Waals surface area contributed by atoms with Gasteiger partial charge in [0, 0.05) is 6.54 Å². The molecule has 0 radical (unpaired) electrons. The van der Waals surface area contributed by atoms with Gasteiger partial charge in [-0.05, 0) is 25.2 Å². The van der Waals surface area contributed by atoms with E-state index in [4.69, 9.17) is 0 Å². The molecule has 1 saturated heterocycles. The zero-order valence-corrected chi connectivity index (χ0v) is 12.4. The van der Waals surface area contributed by atoms with Gasteiger partial charge in [0.25, 0.3) is 0 Å². The molecule has 0 aromatic carbocycles. The quantitative estimate of drug-likeness (QED) is 0.850. The molecular weight excluding hydrogens is 240 g/mol. The molecule has 1 spiro atoms. The number of amides is 2. The maximum absolute atomic E-state index is 12.7. The lowest BCUT2D eigenvalue weighted by Gasteiger charge is -2.50. The number of piperazine rings is 1. The van der Waals surface area contributed by atoms with E-state index in [2.05, 4.69) is 12.2 Å². The van der Waals surface area contributed by atoms with Gasteiger partial charge in [0.1, 0.15) is 11.6 Å². The van der Waals surface area contributed by atoms with E-state index in [9.17, 15) is 9.59 Å². The van der Waals surface area contributed by atoms with Gasteiger partial charge in [0.05, 0.1) is 0 Å². The molecule has 1 aliphatic heterocycles. The van der Waals surface area contributed by atoms with Crippen LogP contribution in [-0.2, 0) is 9.59 Å². The number of carbonyl (C=O) groups excluding carboxylic acids is 2. The zero-order chi connectivity index (χ0) is 14.0. The lowest BCUT2D eigenvalue weighted by Crippen LogP contribution is -2.72. The average Bonchev–Trinajstić information content (AvgIpc) is 2.40. The van der Waals surface area contributed by atoms with Gasteiger partial charge >= 0.3 is 0 Å². The van der Waals surface area contributed by atoms with E-state index in [1.54, 1.807) is 0 Å². The molecule has 4 nitrogen and oxygen atoms in total. The molecule has 2 rings (SSSR count). The molecule has 2 aliphatic rings. The van der Waals surface area contributed by atoms with Crippen LogP contribution < -0.4 is 5.32 Å². The van der Waals surface area contributed by atoms with E-state index in [1.807, 2.05) is 18.7 Å². The lowest BCUT2D eigenvalue weighted by atomic mass is 9.76. The third kappa shape index (κ3) is 2.37. The Bertz CT molecular complexity index is 359. The van der Waals surface area contributed by atoms with Crippen molar-refractivity contribution in [2.24, 2.45) is 5.92 Å². The summed E-state index contributed by atoms with van der Waals surface area (Å²) >= 11 is 0. The van der Waals surface area contributed by atoms with Crippen molar-refractivity contribution in [1.82, 2.24) is 10.2 Å². The van der Waals surface area contributed by atoms with E-state index >= 15 is 0 Å². The highest BCUT2D eigenvalue weighted by atomic mass is 16.2. The Kier molecular flexibility index (Phi) is 4.16. The summed E-state index contributed by atoms with van der Waals surface area (Å²) in [5, 5.41) is 2.98. The van der Waals surface area contributed by atoms with Crippen LogP contribution in [0.5, 0.6) is 0 Å². The molecule has 19 heavy (non-hydrogen) atoms. The van der Waals surface area contributed by atoms with Crippen molar-refractivity contribution >= 4 is 11.8 Å². The summed E-state index contributed by atoms with van der Waals surface area (Å²) in [6.07, 6.45) is 5.84. The number of carbonyl (C=O) groups is 2. The highest BCUT2D eigenvalue weighted by Crippen LogP contribution is 2.37. The summed E-state index contributed by atoms with van der Waals surface area (Å²) in [6, 6.07) is -0.341. The van der Waals surface area contributed by atoms with Crippen LogP contribution in [0.3, 0.4) is 0 Å². The second kappa shape index (κ2) is 5.51. The van der Waals surface area contributed by atoms with Crippen molar-refractivity contribution in [2.45, 2.75) is 70.9 Å². The molecular formula is C15H26N2O2. The number of nitrogens with zero attached hydrogens (tertiary/aromatic N) is 1. The predicted octanol–water partition coefficient (Wildman–Crippen LogP) is 2.08. The smallest absolute Gasteiger partial charge is 0.246 e. The standard InChI is InChI=1S/C15H26N2O2/c1-4-10-17-13(18)12(11(2)3)16-14(19)15(17)8-6-5-7-9-15/h11-12H,4-10H2,1-3H3,(H,16,19). The van der Waals surface area contributed by atoms with E-state index in [0.717, 1.165) is 32.1 Å². The highest BCUT2D eigenvalue weighted by Gasteiger charge is 2.52. The Hall–Kier alpha value is -1.06. The molecule has 4 heteroatoms. The monoisotopic (exact) mass is 266 g/mol. The summed E-state index contributed by atoms with van der Waals surface area (Å²) in [5.74, 6) is 0.356. The Labute approximate surface area is 115 Å². The van der Waals surface area contributed by atoms with Crippen LogP contribution in [-0.4, -0.2) is 34.8 Å². The molecule has 1 aliphatic carbocycles. The Morgan fingerprint density at radius 1 is 1.26 bits per heavy atom. The molecule has 1 unspecified atom stereocenters. The van der Waals surface area contributed by atoms with E-state index in [1.165, 1.54) is 6.42 Å². The van der Waals surface area contributed by atoms with Crippen LogP contribution >= 0.6 is 0 Å². The highest BCUT2D eigenvalue weighted by molar-refractivity contribution is 6.00. The lowest BCUT2D eigenvalue weighted by molar-refractivity contribution is -0.161. The molecule has 2 fully saturated rings. The van der Waals surface area contributed by atoms with E-state index in [-0.39, 0.29) is 23.8 Å². The summed E-state index contributed by atoms with van der Waals surface area (Å²) in [7, 11) is 0. The normalized spacial score (nSPS) is 26.9. The van der Waals surface area contributed by atoms with E-state index in [0.29, 0.717) is 6.54 Å². The zero-order valence-electron chi connectivity index (χ0n) is 12.4. The molecule has 1 atom stereocenters. The minimum Gasteiger partial charge on any atom is -0.342 e. The fraction of sp³-hybridized carbons (Fsp3) is 0.867. The van der Waals surface area contributed by atoms with Crippen molar-refractivity contribution < 1.29 is 9.59 Å². The van der Waals surface area contributed by atoms with Crippen LogP contribution in [0.1, 0.15) is 59.3 Å². The second-order valence-corrected chi connectivity index (χ2v) is 6.28. The largest absolute Gasteiger partial charge is 0.342 e. The van der Waals surface area contributed by atoms with Gasteiger partial charge in [-0.2, -0.15) is 0 Å². The van der Waals surface area contributed by atoms with Crippen LogP contribution in [0.15, 0.2) is 0 Å². The number of hydrogen-bond donors (Lipinski definition) is 1. The van der Waals surface area contributed by atoms with Gasteiger partial charge < -0.3 is 10.2 Å². The van der Waals surface area contributed by atoms with E-state index < -0.39 is 5.54 Å². The maximum Gasteiger partial charge on any atom is 0.246 e. The third-order valence-corrected chi connectivity index (χ3v) is 4.55. The number of nitrogens with one attached hydrogen (secondary N) is 1. The van der Waals surface area contributed by atoms with Crippen LogP contribution in [0.2, 0.25) is 0 Å². The van der Waals surface area contributed by atoms with Gasteiger partial charge in [-0.1, -0.05) is 40.0 Å². The number of rotatable bonds is 3. The van der Waals surface area contributed by atoms with Crippen molar-refractivity contribution in [3.63, 3.8) is 0 Å². The third-order valence-electron chi connectivity index (χ3n) is 4.55. The van der Waals surface area contributed by atoms with Gasteiger partial charge in [-0.15, -0.1) is 0 Å².